The van der Waals surface area contributed by atoms with Crippen LogP contribution in [0.4, 0.5) is 11.4 Å². The van der Waals surface area contributed by atoms with Crippen molar-refractivity contribution >= 4 is 33.2 Å². The number of methoxy groups -OCH3 is 1. The molecule has 1 aliphatic carbocycles. The van der Waals surface area contributed by atoms with Gasteiger partial charge in [0, 0.05) is 31.1 Å². The fourth-order valence-electron chi connectivity index (χ4n) is 3.67. The van der Waals surface area contributed by atoms with Gasteiger partial charge < -0.3 is 15.0 Å². The van der Waals surface area contributed by atoms with Crippen LogP contribution in [0.3, 0.4) is 0 Å². The highest BCUT2D eigenvalue weighted by Crippen LogP contribution is 2.37. The minimum atomic E-state index is -3.76. The highest BCUT2D eigenvalue weighted by molar-refractivity contribution is 7.89. The van der Waals surface area contributed by atoms with Crippen LogP contribution in [0.1, 0.15) is 24.8 Å². The number of hydrogen-bond donors (Lipinski definition) is 2. The molecule has 0 bridgehead atoms. The Kier molecular flexibility index (Phi) is 5.97. The molecular weight excluding hydrogens is 418 g/mol. The first-order valence-corrected chi connectivity index (χ1v) is 11.7. The van der Waals surface area contributed by atoms with Gasteiger partial charge in [-0.3, -0.25) is 9.59 Å². The Morgan fingerprint density at radius 1 is 1.16 bits per heavy atom. The molecular formula is C22H25N3O5S. The molecule has 1 aliphatic heterocycles. The van der Waals surface area contributed by atoms with Crippen molar-refractivity contribution in [2.24, 2.45) is 5.92 Å². The van der Waals surface area contributed by atoms with Crippen LogP contribution >= 0.6 is 0 Å². The maximum Gasteiger partial charge on any atom is 0.240 e. The second-order valence-electron chi connectivity index (χ2n) is 7.70. The van der Waals surface area contributed by atoms with E-state index in [0.717, 1.165) is 24.1 Å². The SMILES string of the molecule is COc1ccccc1NC(=O)CCNS(=O)(=O)c1ccc2c(c1)CCN2C(=O)C1CC1. The molecule has 2 aliphatic rings. The second kappa shape index (κ2) is 8.68. The van der Waals surface area contributed by atoms with Crippen LogP contribution in [-0.2, 0) is 26.0 Å². The summed E-state index contributed by atoms with van der Waals surface area (Å²) in [6.45, 7) is 0.553. The third kappa shape index (κ3) is 4.72. The molecule has 31 heavy (non-hydrogen) atoms. The molecule has 0 saturated heterocycles. The minimum absolute atomic E-state index is 0.0219. The maximum atomic E-state index is 12.7. The van der Waals surface area contributed by atoms with Gasteiger partial charge in [0.25, 0.3) is 0 Å². The highest BCUT2D eigenvalue weighted by atomic mass is 32.2. The number of nitrogens with one attached hydrogen (secondary N) is 2. The summed E-state index contributed by atoms with van der Waals surface area (Å²) in [5.74, 6) is 0.464. The molecule has 2 aromatic carbocycles. The summed E-state index contributed by atoms with van der Waals surface area (Å²) in [6, 6.07) is 11.8. The van der Waals surface area contributed by atoms with Gasteiger partial charge in [0.2, 0.25) is 21.8 Å². The monoisotopic (exact) mass is 443 g/mol. The summed E-state index contributed by atoms with van der Waals surface area (Å²) in [6.07, 6.45) is 2.49. The van der Waals surface area contributed by atoms with Crippen molar-refractivity contribution < 1.29 is 22.7 Å². The van der Waals surface area contributed by atoms with E-state index in [2.05, 4.69) is 10.0 Å². The predicted octanol–water partition coefficient (Wildman–Crippen LogP) is 2.30. The lowest BCUT2D eigenvalue weighted by Crippen LogP contribution is -2.30. The van der Waals surface area contributed by atoms with Crippen LogP contribution in [0.2, 0.25) is 0 Å². The Bertz CT molecular complexity index is 1110. The average molecular weight is 444 g/mol. The highest BCUT2D eigenvalue weighted by Gasteiger charge is 2.36. The summed E-state index contributed by atoms with van der Waals surface area (Å²) in [4.78, 5) is 26.5. The Labute approximate surface area is 181 Å². The lowest BCUT2D eigenvalue weighted by Gasteiger charge is -2.17. The van der Waals surface area contributed by atoms with E-state index < -0.39 is 10.0 Å². The van der Waals surface area contributed by atoms with E-state index in [0.29, 0.717) is 24.4 Å². The van der Waals surface area contributed by atoms with Crippen molar-refractivity contribution in [3.05, 3.63) is 48.0 Å². The molecule has 1 heterocycles. The van der Waals surface area contributed by atoms with E-state index in [1.54, 1.807) is 41.3 Å². The summed E-state index contributed by atoms with van der Waals surface area (Å²) in [5.41, 5.74) is 2.18. The molecule has 2 N–H and O–H groups in total. The van der Waals surface area contributed by atoms with Crippen LogP contribution in [0.25, 0.3) is 0 Å². The zero-order valence-corrected chi connectivity index (χ0v) is 18.1. The number of carbonyl (C=O) groups is 2. The molecule has 8 nitrogen and oxygen atoms in total. The first kappa shape index (κ1) is 21.3. The third-order valence-corrected chi connectivity index (χ3v) is 6.93. The number of ether oxygens (including phenoxy) is 1. The van der Waals surface area contributed by atoms with Crippen molar-refractivity contribution in [2.75, 3.05) is 30.4 Å². The van der Waals surface area contributed by atoms with E-state index in [-0.39, 0.29) is 35.6 Å². The summed E-state index contributed by atoms with van der Waals surface area (Å²) in [5, 5.41) is 2.71. The number of para-hydroxylation sites is 2. The van der Waals surface area contributed by atoms with Crippen molar-refractivity contribution in [2.45, 2.75) is 30.6 Å². The molecule has 1 saturated carbocycles. The van der Waals surface area contributed by atoms with E-state index in [9.17, 15) is 18.0 Å². The topological polar surface area (TPSA) is 105 Å². The Balaban J connectivity index is 1.35. The molecule has 0 spiro atoms. The molecule has 0 unspecified atom stereocenters. The van der Waals surface area contributed by atoms with Crippen LogP contribution < -0.4 is 19.7 Å². The number of rotatable bonds is 8. The number of amides is 2. The molecule has 2 amide bonds. The van der Waals surface area contributed by atoms with Gasteiger partial charge in [0.1, 0.15) is 5.75 Å². The lowest BCUT2D eigenvalue weighted by molar-refractivity contribution is -0.119. The maximum absolute atomic E-state index is 12.7. The second-order valence-corrected chi connectivity index (χ2v) is 9.47. The number of hydrogen-bond acceptors (Lipinski definition) is 5. The standard InChI is InChI=1S/C22H25N3O5S/c1-30-20-5-3-2-4-18(20)24-21(26)10-12-23-31(28,29)17-8-9-19-16(14-17)11-13-25(19)22(27)15-6-7-15/h2-5,8-9,14-15,23H,6-7,10-13H2,1H3,(H,24,26). The summed E-state index contributed by atoms with van der Waals surface area (Å²) in [7, 11) is -2.25. The number of fused-ring (bicyclic) bond motifs is 1. The van der Waals surface area contributed by atoms with Crippen molar-refractivity contribution in [3.63, 3.8) is 0 Å². The van der Waals surface area contributed by atoms with Crippen molar-refractivity contribution in [1.82, 2.24) is 4.72 Å². The fourth-order valence-corrected chi connectivity index (χ4v) is 4.75. The van der Waals surface area contributed by atoms with Gasteiger partial charge in [-0.05, 0) is 55.2 Å². The summed E-state index contributed by atoms with van der Waals surface area (Å²) < 4.78 is 33.0. The van der Waals surface area contributed by atoms with Crippen LogP contribution in [0, 0.1) is 5.92 Å². The van der Waals surface area contributed by atoms with Gasteiger partial charge in [-0.1, -0.05) is 12.1 Å². The van der Waals surface area contributed by atoms with Gasteiger partial charge in [0.05, 0.1) is 17.7 Å². The van der Waals surface area contributed by atoms with Gasteiger partial charge in [-0.25, -0.2) is 13.1 Å². The van der Waals surface area contributed by atoms with Crippen LogP contribution in [0.15, 0.2) is 47.4 Å². The van der Waals surface area contributed by atoms with Gasteiger partial charge >= 0.3 is 0 Å². The largest absolute Gasteiger partial charge is 0.495 e. The number of sulfonamides is 1. The number of carbonyl (C=O) groups excluding carboxylic acids is 2. The van der Waals surface area contributed by atoms with E-state index in [1.807, 2.05) is 0 Å². The fraction of sp³-hybridized carbons (Fsp3) is 0.364. The quantitative estimate of drug-likeness (QED) is 0.651. The van der Waals surface area contributed by atoms with E-state index in [4.69, 9.17) is 4.74 Å². The van der Waals surface area contributed by atoms with Crippen molar-refractivity contribution in [1.29, 1.82) is 0 Å². The number of nitrogens with zero attached hydrogens (tertiary/aromatic N) is 1. The zero-order valence-electron chi connectivity index (χ0n) is 17.3. The lowest BCUT2D eigenvalue weighted by atomic mass is 10.2. The van der Waals surface area contributed by atoms with Gasteiger partial charge in [-0.15, -0.1) is 0 Å². The average Bonchev–Trinajstić information content (AvgIpc) is 3.52. The first-order valence-electron chi connectivity index (χ1n) is 10.3. The molecule has 0 aromatic heterocycles. The molecule has 1 fully saturated rings. The molecule has 2 aromatic rings. The Hall–Kier alpha value is -2.91. The predicted molar refractivity (Wildman–Crippen MR) is 117 cm³/mol. The molecule has 0 radical (unpaired) electrons. The van der Waals surface area contributed by atoms with E-state index >= 15 is 0 Å². The Morgan fingerprint density at radius 2 is 1.94 bits per heavy atom. The number of benzene rings is 2. The van der Waals surface area contributed by atoms with Crippen LogP contribution in [0.5, 0.6) is 5.75 Å². The normalized spacial score (nSPS) is 15.5. The van der Waals surface area contributed by atoms with E-state index in [1.165, 1.54) is 13.2 Å². The molecule has 164 valence electrons. The zero-order chi connectivity index (χ0) is 22.0. The van der Waals surface area contributed by atoms with Gasteiger partial charge in [-0.2, -0.15) is 0 Å². The first-order chi connectivity index (χ1) is 14.9. The van der Waals surface area contributed by atoms with Crippen molar-refractivity contribution in [3.8, 4) is 5.75 Å². The Morgan fingerprint density at radius 3 is 2.68 bits per heavy atom. The number of anilines is 2. The molecule has 0 atom stereocenters. The van der Waals surface area contributed by atoms with Gasteiger partial charge in [0.15, 0.2) is 0 Å². The molecule has 4 rings (SSSR count). The molecule has 9 heteroatoms. The smallest absolute Gasteiger partial charge is 0.240 e. The summed E-state index contributed by atoms with van der Waals surface area (Å²) >= 11 is 0. The van der Waals surface area contributed by atoms with Crippen LogP contribution in [-0.4, -0.2) is 40.4 Å². The minimum Gasteiger partial charge on any atom is -0.495 e. The third-order valence-electron chi connectivity index (χ3n) is 5.47.